The predicted octanol–water partition coefficient (Wildman–Crippen LogP) is 17.3. The molecule has 0 saturated heterocycles. The fourth-order valence-electron chi connectivity index (χ4n) is 12.5. The predicted molar refractivity (Wildman–Crippen MR) is 250 cm³/mol. The van der Waals surface area contributed by atoms with E-state index in [2.05, 4.69) is 112 Å². The van der Waals surface area contributed by atoms with E-state index in [1.165, 1.54) is 151 Å². The van der Waals surface area contributed by atoms with Gasteiger partial charge in [0.05, 0.1) is 0 Å². The third-order valence-electron chi connectivity index (χ3n) is 15.4. The zero-order valence-corrected chi connectivity index (χ0v) is 40.0. The standard InChI is InChI=1S/C56H70Si.Zr/c1-5-7-9-13-25-49-39-47-27-19-29-51(45-35-31-43(32-36-45)41-21-15-11-16-22-41)53(47)55(49)57(3,4)56-50(26-14-10-8-6-2)40-48-28-20-30-52(54(48)56)46-37-33-44(34-38-46)42-23-17-12-18-24-42;/h19-20,27-42H,5-18,21-26H2,1-4H3;. The number of allylic oxidation sites excluding steroid dienone is 2. The average molecular weight is 862 g/mol. The van der Waals surface area contributed by atoms with Gasteiger partial charge in [-0.25, -0.2) is 0 Å². The van der Waals surface area contributed by atoms with Gasteiger partial charge in [-0.05, 0) is 0 Å². The van der Waals surface area contributed by atoms with Crippen molar-refractivity contribution >= 4 is 18.5 Å². The van der Waals surface area contributed by atoms with E-state index in [0.29, 0.717) is 7.25 Å². The van der Waals surface area contributed by atoms with Crippen molar-refractivity contribution in [3.05, 3.63) is 129 Å². The monoisotopic (exact) mass is 860 g/mol. The molecule has 0 aromatic heterocycles. The second kappa shape index (κ2) is 18.2. The quantitative estimate of drug-likeness (QED) is 0.0875. The second-order valence-electron chi connectivity index (χ2n) is 19.5. The number of unbranched alkanes of at least 4 members (excludes halogenated alkanes) is 6. The molecular formula is C56H70SiZr. The van der Waals surface area contributed by atoms with Crippen molar-refractivity contribution in [3.8, 4) is 22.3 Å². The number of hydrogen-bond acceptors (Lipinski definition) is 0. The van der Waals surface area contributed by atoms with Gasteiger partial charge in [-0.15, -0.1) is 0 Å². The third-order valence-corrected chi connectivity index (χ3v) is 24.0. The molecule has 2 heteroatoms. The minimum absolute atomic E-state index is 0.685. The Morgan fingerprint density at radius 3 is 1.29 bits per heavy atom. The van der Waals surface area contributed by atoms with Gasteiger partial charge in [0.15, 0.2) is 0 Å². The van der Waals surface area contributed by atoms with Gasteiger partial charge in [-0.2, -0.15) is 0 Å². The number of rotatable bonds is 14. The molecule has 0 nitrogen and oxygen atoms in total. The van der Waals surface area contributed by atoms with Gasteiger partial charge in [0.1, 0.15) is 0 Å². The van der Waals surface area contributed by atoms with Gasteiger partial charge in [0.2, 0.25) is 0 Å². The van der Waals surface area contributed by atoms with Crippen LogP contribution in [0.4, 0.5) is 0 Å². The zero-order chi connectivity index (χ0) is 39.6. The van der Waals surface area contributed by atoms with E-state index in [-0.39, 0.29) is 0 Å². The van der Waals surface area contributed by atoms with Crippen LogP contribution in [0.3, 0.4) is 0 Å². The molecule has 2 fully saturated rings. The molecule has 2 atom stereocenters. The number of hydrogen-bond donors (Lipinski definition) is 0. The van der Waals surface area contributed by atoms with Crippen molar-refractivity contribution in [3.63, 3.8) is 0 Å². The molecule has 4 aromatic carbocycles. The SMILES string of the molecule is CCCCCCC1=C2c3c(-c4ccc(C5CCCCC5)cc4)cccc3[CH]1[Zr][CH]1C(CCCCCC)=C(c3c(-c4ccc(C5CCCCC5)cc4)cccc31)[Si]2(C)C. The first-order valence-corrected chi connectivity index (χ1v) is 30.0. The van der Waals surface area contributed by atoms with Crippen molar-refractivity contribution < 1.29 is 23.2 Å². The van der Waals surface area contributed by atoms with E-state index in [1.54, 1.807) is 33.4 Å². The van der Waals surface area contributed by atoms with Crippen LogP contribution < -0.4 is 0 Å². The van der Waals surface area contributed by atoms with Crippen molar-refractivity contribution in [2.75, 3.05) is 0 Å². The summed E-state index contributed by atoms with van der Waals surface area (Å²) in [5.41, 5.74) is 19.8. The fraction of sp³-hybridized carbons (Fsp3) is 0.500. The Morgan fingerprint density at radius 2 is 0.897 bits per heavy atom. The van der Waals surface area contributed by atoms with Gasteiger partial charge in [0, 0.05) is 0 Å². The van der Waals surface area contributed by atoms with Gasteiger partial charge in [-0.3, -0.25) is 0 Å². The van der Waals surface area contributed by atoms with Crippen LogP contribution in [-0.2, 0) is 23.2 Å². The van der Waals surface area contributed by atoms with E-state index < -0.39 is 31.3 Å². The van der Waals surface area contributed by atoms with Crippen LogP contribution in [0, 0.1) is 0 Å². The van der Waals surface area contributed by atoms with Crippen LogP contribution >= 0.6 is 0 Å². The molecule has 4 aliphatic carbocycles. The number of benzene rings is 4. The molecule has 0 amide bonds. The molecular weight excluding hydrogens is 792 g/mol. The molecule has 0 spiro atoms. The molecule has 9 rings (SSSR count). The molecule has 2 saturated carbocycles. The molecule has 4 aromatic rings. The Hall–Kier alpha value is -2.54. The van der Waals surface area contributed by atoms with E-state index in [1.807, 2.05) is 21.5 Å². The summed E-state index contributed by atoms with van der Waals surface area (Å²) in [6, 6.07) is 35.3. The molecule has 58 heavy (non-hydrogen) atoms. The van der Waals surface area contributed by atoms with Crippen LogP contribution in [0.2, 0.25) is 13.1 Å². The maximum atomic E-state index is 2.82. The Balaban J connectivity index is 1.19. The Bertz CT molecular complexity index is 1970. The summed E-state index contributed by atoms with van der Waals surface area (Å²) in [5.74, 6) is 1.50. The zero-order valence-electron chi connectivity index (χ0n) is 36.5. The Kier molecular flexibility index (Phi) is 12.8. The van der Waals surface area contributed by atoms with Gasteiger partial charge >= 0.3 is 368 Å². The molecule has 0 radical (unpaired) electrons. The first-order chi connectivity index (χ1) is 28.5. The molecule has 4 bridgehead atoms. The van der Waals surface area contributed by atoms with Crippen LogP contribution in [0.15, 0.2) is 96.1 Å². The van der Waals surface area contributed by atoms with Crippen molar-refractivity contribution in [1.29, 1.82) is 0 Å². The normalized spacial score (nSPS) is 21.4. The molecule has 2 unspecified atom stereocenters. The fourth-order valence-corrected chi connectivity index (χ4v) is 22.7. The maximum absolute atomic E-state index is 2.82. The van der Waals surface area contributed by atoms with Crippen LogP contribution in [0.25, 0.3) is 32.6 Å². The van der Waals surface area contributed by atoms with Crippen LogP contribution in [0.1, 0.15) is 195 Å². The first kappa shape index (κ1) is 40.8. The molecule has 302 valence electrons. The van der Waals surface area contributed by atoms with Gasteiger partial charge < -0.3 is 0 Å². The summed E-state index contributed by atoms with van der Waals surface area (Å²) >= 11 is -1.01. The van der Waals surface area contributed by atoms with E-state index in [4.69, 9.17) is 0 Å². The Labute approximate surface area is 365 Å². The summed E-state index contributed by atoms with van der Waals surface area (Å²) in [4.78, 5) is 0. The molecule has 0 N–H and O–H groups in total. The minimum atomic E-state index is -2.23. The first-order valence-electron chi connectivity index (χ1n) is 24.2. The van der Waals surface area contributed by atoms with E-state index in [0.717, 1.165) is 11.8 Å². The molecule has 5 aliphatic rings. The summed E-state index contributed by atoms with van der Waals surface area (Å²) < 4.78 is 1.37. The van der Waals surface area contributed by atoms with Crippen LogP contribution in [0.5, 0.6) is 0 Å². The summed E-state index contributed by atoms with van der Waals surface area (Å²) in [6.07, 6.45) is 27.3. The van der Waals surface area contributed by atoms with Crippen molar-refractivity contribution in [2.24, 2.45) is 0 Å². The van der Waals surface area contributed by atoms with Crippen LogP contribution in [-0.4, -0.2) is 8.07 Å². The topological polar surface area (TPSA) is 0 Å². The summed E-state index contributed by atoms with van der Waals surface area (Å²) in [7, 11) is -2.23. The molecule has 1 aliphatic heterocycles. The summed E-state index contributed by atoms with van der Waals surface area (Å²) in [5, 5.41) is 3.73. The number of fused-ring (bicyclic) bond motifs is 8. The molecule has 1 heterocycles. The Morgan fingerprint density at radius 1 is 0.483 bits per heavy atom. The van der Waals surface area contributed by atoms with Gasteiger partial charge in [-0.1, -0.05) is 0 Å². The van der Waals surface area contributed by atoms with Crippen molar-refractivity contribution in [1.82, 2.24) is 0 Å². The second-order valence-corrected chi connectivity index (χ2v) is 27.4. The van der Waals surface area contributed by atoms with E-state index >= 15 is 0 Å². The average Bonchev–Trinajstić information content (AvgIpc) is 3.78. The summed E-state index contributed by atoms with van der Waals surface area (Å²) in [6.45, 7) is 10.4. The van der Waals surface area contributed by atoms with Crippen molar-refractivity contribution in [2.45, 2.75) is 174 Å². The third kappa shape index (κ3) is 7.79. The van der Waals surface area contributed by atoms with E-state index in [9.17, 15) is 0 Å². The van der Waals surface area contributed by atoms with Gasteiger partial charge in [0.25, 0.3) is 0 Å².